The predicted octanol–water partition coefficient (Wildman–Crippen LogP) is 3.26. The molecule has 0 atom stereocenters. The monoisotopic (exact) mass is 347 g/mol. The minimum atomic E-state index is 0.698. The molecular formula is C17H13N7S. The van der Waals surface area contributed by atoms with Crippen molar-refractivity contribution in [1.29, 1.82) is 0 Å². The number of anilines is 2. The van der Waals surface area contributed by atoms with Crippen molar-refractivity contribution in [2.24, 2.45) is 0 Å². The molecule has 1 aromatic carbocycles. The van der Waals surface area contributed by atoms with E-state index in [1.807, 2.05) is 16.7 Å². The Morgan fingerprint density at radius 3 is 2.96 bits per heavy atom. The van der Waals surface area contributed by atoms with Gasteiger partial charge >= 0.3 is 0 Å². The lowest BCUT2D eigenvalue weighted by Crippen LogP contribution is -2.07. The Morgan fingerprint density at radius 1 is 1.12 bits per heavy atom. The van der Waals surface area contributed by atoms with E-state index >= 15 is 0 Å². The zero-order valence-corrected chi connectivity index (χ0v) is 13.8. The van der Waals surface area contributed by atoms with Crippen molar-refractivity contribution >= 4 is 38.6 Å². The van der Waals surface area contributed by atoms with Gasteiger partial charge in [-0.3, -0.25) is 4.40 Å². The number of thiophene rings is 1. The average Bonchev–Trinajstić information content (AvgIpc) is 3.33. The van der Waals surface area contributed by atoms with Gasteiger partial charge in [-0.25, -0.2) is 9.97 Å². The molecule has 7 nitrogen and oxygen atoms in total. The minimum Gasteiger partial charge on any atom is -0.337 e. The second kappa shape index (κ2) is 5.32. The first kappa shape index (κ1) is 14.0. The summed E-state index contributed by atoms with van der Waals surface area (Å²) >= 11 is 1.73. The van der Waals surface area contributed by atoms with E-state index in [1.54, 1.807) is 36.1 Å². The maximum Gasteiger partial charge on any atom is 0.180 e. The van der Waals surface area contributed by atoms with Gasteiger partial charge in [-0.15, -0.1) is 11.3 Å². The first-order chi connectivity index (χ1) is 12.3. The molecule has 0 aliphatic carbocycles. The lowest BCUT2D eigenvalue weighted by atomic mass is 10.2. The van der Waals surface area contributed by atoms with E-state index in [1.165, 1.54) is 14.9 Å². The zero-order chi connectivity index (χ0) is 16.8. The van der Waals surface area contributed by atoms with Crippen LogP contribution in [0.5, 0.6) is 0 Å². The third-order valence-corrected chi connectivity index (χ3v) is 4.94. The smallest absolute Gasteiger partial charge is 0.180 e. The van der Waals surface area contributed by atoms with Crippen LogP contribution in [-0.2, 0) is 0 Å². The molecule has 0 saturated carbocycles. The fourth-order valence-corrected chi connectivity index (χ4v) is 3.64. The van der Waals surface area contributed by atoms with Gasteiger partial charge < -0.3 is 11.2 Å². The number of nitrogens with two attached hydrogens (primary N) is 1. The molecule has 0 fully saturated rings. The molecule has 8 heteroatoms. The highest BCUT2D eigenvalue weighted by Crippen LogP contribution is 2.28. The standard InChI is InChI=1S/C17H13N7S/c18-24-10-12(8-21-24)14-9-20-17-16(19-4-5-23(14)17)22-13-1-2-15-11(7-13)3-6-25-15/h1-10H,18H2,(H,19,22). The van der Waals surface area contributed by atoms with Crippen LogP contribution in [0.2, 0.25) is 0 Å². The fourth-order valence-electron chi connectivity index (χ4n) is 2.87. The normalized spacial score (nSPS) is 11.4. The lowest BCUT2D eigenvalue weighted by molar-refractivity contribution is 0.832. The number of hydrogen-bond donors (Lipinski definition) is 2. The lowest BCUT2D eigenvalue weighted by Gasteiger charge is -2.07. The van der Waals surface area contributed by atoms with Crippen LogP contribution in [0, 0.1) is 0 Å². The number of fused-ring (bicyclic) bond motifs is 2. The molecule has 25 heavy (non-hydrogen) atoms. The highest BCUT2D eigenvalue weighted by atomic mass is 32.1. The number of aromatic nitrogens is 5. The highest BCUT2D eigenvalue weighted by Gasteiger charge is 2.12. The summed E-state index contributed by atoms with van der Waals surface area (Å²) in [5.41, 5.74) is 3.52. The van der Waals surface area contributed by atoms with Crippen LogP contribution in [0.15, 0.2) is 60.6 Å². The first-order valence-electron chi connectivity index (χ1n) is 7.64. The van der Waals surface area contributed by atoms with Crippen LogP contribution in [0.25, 0.3) is 27.0 Å². The number of benzene rings is 1. The number of nitrogen functional groups attached to an aromatic ring is 1. The number of nitrogens with one attached hydrogen (secondary N) is 1. The van der Waals surface area contributed by atoms with E-state index in [2.05, 4.69) is 44.0 Å². The Labute approximate surface area is 146 Å². The minimum absolute atomic E-state index is 0.698. The van der Waals surface area contributed by atoms with Crippen molar-refractivity contribution in [3.05, 3.63) is 60.6 Å². The van der Waals surface area contributed by atoms with Gasteiger partial charge in [0.2, 0.25) is 0 Å². The number of nitrogens with zero attached hydrogens (tertiary/aromatic N) is 5. The Balaban J connectivity index is 1.58. The Kier molecular flexibility index (Phi) is 2.98. The summed E-state index contributed by atoms with van der Waals surface area (Å²) in [5, 5.41) is 10.7. The quantitative estimate of drug-likeness (QED) is 0.489. The Morgan fingerprint density at radius 2 is 2.08 bits per heavy atom. The van der Waals surface area contributed by atoms with Gasteiger partial charge in [0.25, 0.3) is 0 Å². The molecule has 4 heterocycles. The van der Waals surface area contributed by atoms with Crippen molar-refractivity contribution in [3.8, 4) is 11.3 Å². The third-order valence-electron chi connectivity index (χ3n) is 4.04. The van der Waals surface area contributed by atoms with Crippen LogP contribution in [0.3, 0.4) is 0 Å². The number of hydrogen-bond acceptors (Lipinski definition) is 6. The van der Waals surface area contributed by atoms with Crippen molar-refractivity contribution in [2.75, 3.05) is 11.2 Å². The van der Waals surface area contributed by atoms with E-state index < -0.39 is 0 Å². The predicted molar refractivity (Wildman–Crippen MR) is 99.5 cm³/mol. The molecule has 0 radical (unpaired) electrons. The van der Waals surface area contributed by atoms with Crippen molar-refractivity contribution in [1.82, 2.24) is 24.3 Å². The van der Waals surface area contributed by atoms with Gasteiger partial charge in [0.1, 0.15) is 0 Å². The van der Waals surface area contributed by atoms with E-state index in [0.29, 0.717) is 5.82 Å². The van der Waals surface area contributed by atoms with Crippen LogP contribution >= 0.6 is 11.3 Å². The molecule has 3 N–H and O–H groups in total. The third kappa shape index (κ3) is 2.31. The van der Waals surface area contributed by atoms with Crippen molar-refractivity contribution < 1.29 is 0 Å². The molecule has 0 spiro atoms. The molecule has 0 amide bonds. The molecule has 5 rings (SSSR count). The summed E-state index contributed by atoms with van der Waals surface area (Å²) < 4.78 is 3.23. The molecule has 0 aliphatic rings. The summed E-state index contributed by atoms with van der Waals surface area (Å²) in [6, 6.07) is 8.37. The largest absolute Gasteiger partial charge is 0.337 e. The molecule has 0 unspecified atom stereocenters. The summed E-state index contributed by atoms with van der Waals surface area (Å²) in [6.07, 6.45) is 8.87. The van der Waals surface area contributed by atoms with E-state index in [4.69, 9.17) is 5.84 Å². The SMILES string of the molecule is Nn1cc(-c2cnc3c(Nc4ccc5sccc5c4)nccn23)cn1. The zero-order valence-electron chi connectivity index (χ0n) is 13.0. The second-order valence-corrected chi connectivity index (χ2v) is 6.57. The van der Waals surface area contributed by atoms with E-state index in [-0.39, 0.29) is 0 Å². The van der Waals surface area contributed by atoms with Gasteiger partial charge in [0.05, 0.1) is 24.3 Å². The summed E-state index contributed by atoms with van der Waals surface area (Å²) in [7, 11) is 0. The fraction of sp³-hybridized carbons (Fsp3) is 0. The average molecular weight is 347 g/mol. The van der Waals surface area contributed by atoms with Crippen molar-refractivity contribution in [2.45, 2.75) is 0 Å². The maximum atomic E-state index is 5.65. The summed E-state index contributed by atoms with van der Waals surface area (Å²) in [5.74, 6) is 6.35. The Bertz CT molecular complexity index is 1200. The molecular weight excluding hydrogens is 334 g/mol. The van der Waals surface area contributed by atoms with Gasteiger partial charge in [-0.05, 0) is 35.0 Å². The van der Waals surface area contributed by atoms with Gasteiger partial charge in [-0.2, -0.15) is 9.89 Å². The number of rotatable bonds is 3. The molecule has 4 aromatic heterocycles. The maximum absolute atomic E-state index is 5.65. The molecule has 5 aromatic rings. The first-order valence-corrected chi connectivity index (χ1v) is 8.52. The number of imidazole rings is 1. The van der Waals surface area contributed by atoms with Crippen LogP contribution in [0.4, 0.5) is 11.5 Å². The molecule has 122 valence electrons. The van der Waals surface area contributed by atoms with Gasteiger partial charge in [0, 0.05) is 28.3 Å². The summed E-state index contributed by atoms with van der Waals surface area (Å²) in [6.45, 7) is 0. The van der Waals surface area contributed by atoms with Gasteiger partial charge in [0.15, 0.2) is 11.5 Å². The van der Waals surface area contributed by atoms with E-state index in [0.717, 1.165) is 22.6 Å². The van der Waals surface area contributed by atoms with Crippen LogP contribution < -0.4 is 11.2 Å². The van der Waals surface area contributed by atoms with Gasteiger partial charge in [-0.1, -0.05) is 0 Å². The molecule has 0 aliphatic heterocycles. The summed E-state index contributed by atoms with van der Waals surface area (Å²) in [4.78, 5) is 10.2. The molecule has 0 saturated heterocycles. The van der Waals surface area contributed by atoms with Crippen LogP contribution in [0.1, 0.15) is 0 Å². The Hall–Kier alpha value is -3.39. The van der Waals surface area contributed by atoms with E-state index in [9.17, 15) is 0 Å². The van der Waals surface area contributed by atoms with Crippen LogP contribution in [-0.4, -0.2) is 24.3 Å². The molecule has 0 bridgehead atoms. The van der Waals surface area contributed by atoms with Crippen molar-refractivity contribution in [3.63, 3.8) is 0 Å². The second-order valence-electron chi connectivity index (χ2n) is 5.62. The topological polar surface area (TPSA) is 86.1 Å². The highest BCUT2D eigenvalue weighted by molar-refractivity contribution is 7.17.